The summed E-state index contributed by atoms with van der Waals surface area (Å²) in [5.74, 6) is -1.14. The number of carbonyl (C=O) groups is 1. The predicted octanol–water partition coefficient (Wildman–Crippen LogP) is 2.66. The van der Waals surface area contributed by atoms with E-state index in [0.717, 1.165) is 28.9 Å². The molecule has 1 aromatic heterocycles. The molecule has 0 saturated heterocycles. The van der Waals surface area contributed by atoms with Gasteiger partial charge in [0.2, 0.25) is 0 Å². The number of aliphatic carboxylic acids is 1. The first-order chi connectivity index (χ1) is 10.4. The minimum absolute atomic E-state index is 0.230. The molecule has 2 aromatic rings. The molecule has 118 valence electrons. The summed E-state index contributed by atoms with van der Waals surface area (Å²) in [5.41, 5.74) is 3.84. The third kappa shape index (κ3) is 3.81. The number of benzene rings is 1. The SMILES string of the molecule is CCc1nn(CC(=O)[O-])c(CC)c1Cc1cc(Cl)cc(Cl)c1. The van der Waals surface area contributed by atoms with Crippen molar-refractivity contribution in [1.82, 2.24) is 9.78 Å². The summed E-state index contributed by atoms with van der Waals surface area (Å²) in [5, 5.41) is 16.5. The van der Waals surface area contributed by atoms with Gasteiger partial charge < -0.3 is 9.90 Å². The molecule has 0 N–H and O–H groups in total. The van der Waals surface area contributed by atoms with Crippen molar-refractivity contribution in [3.05, 3.63) is 50.8 Å². The highest BCUT2D eigenvalue weighted by Crippen LogP contribution is 2.25. The van der Waals surface area contributed by atoms with Gasteiger partial charge in [-0.2, -0.15) is 5.10 Å². The quantitative estimate of drug-likeness (QED) is 0.812. The van der Waals surface area contributed by atoms with Gasteiger partial charge in [0, 0.05) is 27.7 Å². The molecule has 1 heterocycles. The Labute approximate surface area is 139 Å². The third-order valence-corrected chi connectivity index (χ3v) is 3.94. The average molecular weight is 340 g/mol. The fourth-order valence-electron chi connectivity index (χ4n) is 2.64. The van der Waals surface area contributed by atoms with Gasteiger partial charge in [0.25, 0.3) is 0 Å². The van der Waals surface area contributed by atoms with E-state index < -0.39 is 5.97 Å². The monoisotopic (exact) mass is 339 g/mol. The molecule has 0 saturated carbocycles. The van der Waals surface area contributed by atoms with Gasteiger partial charge in [-0.15, -0.1) is 0 Å². The van der Waals surface area contributed by atoms with Crippen molar-refractivity contribution in [2.75, 3.05) is 0 Å². The lowest BCUT2D eigenvalue weighted by molar-refractivity contribution is -0.306. The molecule has 4 nitrogen and oxygen atoms in total. The maximum absolute atomic E-state index is 10.9. The van der Waals surface area contributed by atoms with Crippen LogP contribution in [0.2, 0.25) is 10.0 Å². The smallest absolute Gasteiger partial charge is 0.0807 e. The number of carbonyl (C=O) groups excluding carboxylic acids is 1. The van der Waals surface area contributed by atoms with Crippen molar-refractivity contribution in [3.63, 3.8) is 0 Å². The Balaban J connectivity index is 2.44. The van der Waals surface area contributed by atoms with Crippen molar-refractivity contribution in [2.45, 2.75) is 39.7 Å². The minimum Gasteiger partial charge on any atom is -0.548 e. The molecule has 0 bridgehead atoms. The van der Waals surface area contributed by atoms with Crippen LogP contribution >= 0.6 is 23.2 Å². The van der Waals surface area contributed by atoms with Gasteiger partial charge in [-0.05, 0) is 36.6 Å². The van der Waals surface area contributed by atoms with Crippen LogP contribution in [0.5, 0.6) is 0 Å². The average Bonchev–Trinajstić information content (AvgIpc) is 2.73. The Morgan fingerprint density at radius 3 is 2.32 bits per heavy atom. The van der Waals surface area contributed by atoms with Gasteiger partial charge in [-0.25, -0.2) is 0 Å². The van der Waals surface area contributed by atoms with Crippen LogP contribution < -0.4 is 5.11 Å². The molecular weight excluding hydrogens is 323 g/mol. The van der Waals surface area contributed by atoms with Crippen molar-refractivity contribution >= 4 is 29.2 Å². The first-order valence-corrected chi connectivity index (χ1v) is 7.92. The van der Waals surface area contributed by atoms with E-state index in [2.05, 4.69) is 5.10 Å². The fraction of sp³-hybridized carbons (Fsp3) is 0.375. The van der Waals surface area contributed by atoms with Gasteiger partial charge in [-0.3, -0.25) is 4.68 Å². The van der Waals surface area contributed by atoms with Crippen LogP contribution in [0.15, 0.2) is 18.2 Å². The lowest BCUT2D eigenvalue weighted by Gasteiger charge is -2.09. The highest BCUT2D eigenvalue weighted by Gasteiger charge is 2.16. The molecular formula is C16H17Cl2N2O2-. The van der Waals surface area contributed by atoms with E-state index in [-0.39, 0.29) is 6.54 Å². The number of aromatic nitrogens is 2. The number of carboxylic acids is 1. The molecule has 6 heteroatoms. The lowest BCUT2D eigenvalue weighted by atomic mass is 10.0. The number of nitrogens with zero attached hydrogens (tertiary/aromatic N) is 2. The van der Waals surface area contributed by atoms with Crippen molar-refractivity contribution in [2.24, 2.45) is 0 Å². The van der Waals surface area contributed by atoms with Gasteiger partial charge in [0.05, 0.1) is 18.2 Å². The summed E-state index contributed by atoms with van der Waals surface area (Å²) < 4.78 is 1.52. The molecule has 2 rings (SSSR count). The Kier molecular flexibility index (Phi) is 5.48. The molecule has 22 heavy (non-hydrogen) atoms. The van der Waals surface area contributed by atoms with E-state index >= 15 is 0 Å². The van der Waals surface area contributed by atoms with E-state index in [4.69, 9.17) is 23.2 Å². The minimum atomic E-state index is -1.14. The van der Waals surface area contributed by atoms with Gasteiger partial charge in [0.1, 0.15) is 0 Å². The maximum Gasteiger partial charge on any atom is 0.0807 e. The molecule has 0 fully saturated rings. The van der Waals surface area contributed by atoms with Crippen LogP contribution in [-0.4, -0.2) is 15.7 Å². The standard InChI is InChI=1S/C16H18Cl2N2O2/c1-3-14-13(7-10-5-11(17)8-12(18)6-10)15(4-2)20(19-14)9-16(21)22/h5-6,8H,3-4,7,9H2,1-2H3,(H,21,22)/p-1. The summed E-state index contributed by atoms with van der Waals surface area (Å²) in [6.07, 6.45) is 2.06. The summed E-state index contributed by atoms with van der Waals surface area (Å²) in [6.45, 7) is 3.75. The van der Waals surface area contributed by atoms with E-state index in [9.17, 15) is 9.90 Å². The van der Waals surface area contributed by atoms with E-state index in [1.165, 1.54) is 4.68 Å². The summed E-state index contributed by atoms with van der Waals surface area (Å²) in [7, 11) is 0. The van der Waals surface area contributed by atoms with E-state index in [0.29, 0.717) is 22.9 Å². The van der Waals surface area contributed by atoms with Crippen LogP contribution in [0, 0.1) is 0 Å². The van der Waals surface area contributed by atoms with Crippen LogP contribution in [0.25, 0.3) is 0 Å². The van der Waals surface area contributed by atoms with E-state index in [1.807, 2.05) is 26.0 Å². The predicted molar refractivity (Wildman–Crippen MR) is 85.3 cm³/mol. The molecule has 0 spiro atoms. The van der Waals surface area contributed by atoms with Gasteiger partial charge >= 0.3 is 0 Å². The molecule has 0 unspecified atom stereocenters. The van der Waals surface area contributed by atoms with Crippen molar-refractivity contribution in [3.8, 4) is 0 Å². The number of halogens is 2. The Hall–Kier alpha value is -1.52. The molecule has 1 aromatic carbocycles. The normalized spacial score (nSPS) is 10.9. The summed E-state index contributed by atoms with van der Waals surface area (Å²) >= 11 is 12.1. The summed E-state index contributed by atoms with van der Waals surface area (Å²) in [4.78, 5) is 10.9. The largest absolute Gasteiger partial charge is 0.548 e. The molecule has 0 aliphatic heterocycles. The zero-order chi connectivity index (χ0) is 16.3. The van der Waals surface area contributed by atoms with Crippen molar-refractivity contribution < 1.29 is 9.90 Å². The van der Waals surface area contributed by atoms with Crippen LogP contribution in [-0.2, 0) is 30.6 Å². The zero-order valence-corrected chi connectivity index (χ0v) is 14.0. The first-order valence-electron chi connectivity index (χ1n) is 7.16. The number of rotatable bonds is 6. The van der Waals surface area contributed by atoms with Crippen LogP contribution in [0.1, 0.15) is 36.4 Å². The Morgan fingerprint density at radius 1 is 1.18 bits per heavy atom. The van der Waals surface area contributed by atoms with Crippen LogP contribution in [0.3, 0.4) is 0 Å². The second-order valence-electron chi connectivity index (χ2n) is 5.06. The molecule has 0 aliphatic carbocycles. The second kappa shape index (κ2) is 7.16. The summed E-state index contributed by atoms with van der Waals surface area (Å²) in [6, 6.07) is 5.42. The first kappa shape index (κ1) is 16.8. The zero-order valence-electron chi connectivity index (χ0n) is 12.5. The van der Waals surface area contributed by atoms with Gasteiger partial charge in [-0.1, -0.05) is 37.0 Å². The highest BCUT2D eigenvalue weighted by atomic mass is 35.5. The number of hydrogen-bond acceptors (Lipinski definition) is 3. The second-order valence-corrected chi connectivity index (χ2v) is 5.94. The Bertz CT molecular complexity index is 675. The van der Waals surface area contributed by atoms with E-state index in [1.54, 1.807) is 6.07 Å². The number of carboxylic acid groups (broad SMARTS) is 1. The highest BCUT2D eigenvalue weighted by molar-refractivity contribution is 6.34. The van der Waals surface area contributed by atoms with Gasteiger partial charge in [0.15, 0.2) is 0 Å². The maximum atomic E-state index is 10.9. The molecule has 0 aliphatic rings. The topological polar surface area (TPSA) is 58.0 Å². The number of hydrogen-bond donors (Lipinski definition) is 0. The Morgan fingerprint density at radius 2 is 1.82 bits per heavy atom. The molecule has 0 atom stereocenters. The molecule has 0 amide bonds. The molecule has 0 radical (unpaired) electrons. The van der Waals surface area contributed by atoms with Crippen LogP contribution in [0.4, 0.5) is 0 Å². The third-order valence-electron chi connectivity index (χ3n) is 3.50. The van der Waals surface area contributed by atoms with Crippen molar-refractivity contribution in [1.29, 1.82) is 0 Å². The fourth-order valence-corrected chi connectivity index (χ4v) is 3.21. The number of aryl methyl sites for hydroxylation is 1. The lowest BCUT2D eigenvalue weighted by Crippen LogP contribution is -2.28.